The highest BCUT2D eigenvalue weighted by Gasteiger charge is 2.20. The average molecular weight is 389 g/mol. The number of amides is 1. The molecule has 2 aromatic rings. The van der Waals surface area contributed by atoms with E-state index in [0.29, 0.717) is 12.1 Å². The largest absolute Gasteiger partial charge is 0.326 e. The highest BCUT2D eigenvalue weighted by Crippen LogP contribution is 2.22. The third-order valence-corrected chi connectivity index (χ3v) is 4.99. The van der Waals surface area contributed by atoms with E-state index in [-0.39, 0.29) is 31.0 Å². The zero-order valence-corrected chi connectivity index (χ0v) is 15.7. The molecule has 0 atom stereocenters. The van der Waals surface area contributed by atoms with E-state index in [1.165, 1.54) is 18.2 Å². The molecule has 2 aromatic carbocycles. The quantitative estimate of drug-likeness (QED) is 0.751. The van der Waals surface area contributed by atoms with Crippen LogP contribution >= 0.6 is 0 Å². The first kappa shape index (κ1) is 20.4. The Morgan fingerprint density at radius 1 is 1.19 bits per heavy atom. The molecule has 0 fully saturated rings. The Balaban J connectivity index is 1.93. The molecule has 0 heterocycles. The first-order chi connectivity index (χ1) is 12.8. The van der Waals surface area contributed by atoms with E-state index in [4.69, 9.17) is 5.26 Å². The van der Waals surface area contributed by atoms with Crippen molar-refractivity contribution in [2.45, 2.75) is 19.3 Å². The number of rotatable bonds is 8. The number of hydrogen-bond acceptors (Lipinski definition) is 4. The molecular weight excluding hydrogens is 369 g/mol. The lowest BCUT2D eigenvalue weighted by atomic mass is 10.1. The Morgan fingerprint density at radius 2 is 1.85 bits per heavy atom. The molecule has 0 aliphatic rings. The summed E-state index contributed by atoms with van der Waals surface area (Å²) in [5.41, 5.74) is 1.41. The van der Waals surface area contributed by atoms with Crippen molar-refractivity contribution in [3.63, 3.8) is 0 Å². The summed E-state index contributed by atoms with van der Waals surface area (Å²) in [6.07, 6.45) is 1.62. The van der Waals surface area contributed by atoms with Crippen LogP contribution in [0.4, 0.5) is 15.8 Å². The maximum Gasteiger partial charge on any atom is 0.232 e. The fraction of sp³-hybridized carbons (Fsp3) is 0.263. The average Bonchev–Trinajstić information content (AvgIpc) is 2.61. The highest BCUT2D eigenvalue weighted by atomic mass is 32.2. The van der Waals surface area contributed by atoms with E-state index in [2.05, 4.69) is 5.32 Å². The summed E-state index contributed by atoms with van der Waals surface area (Å²) in [6.45, 7) is -0.00566. The van der Waals surface area contributed by atoms with Gasteiger partial charge in [0.1, 0.15) is 5.82 Å². The van der Waals surface area contributed by atoms with Gasteiger partial charge < -0.3 is 5.32 Å². The van der Waals surface area contributed by atoms with Crippen LogP contribution in [0.2, 0.25) is 0 Å². The molecule has 2 rings (SSSR count). The summed E-state index contributed by atoms with van der Waals surface area (Å²) in [7, 11) is -3.67. The van der Waals surface area contributed by atoms with Crippen molar-refractivity contribution in [1.29, 1.82) is 5.26 Å². The fourth-order valence-electron chi connectivity index (χ4n) is 2.52. The Kier molecular flexibility index (Phi) is 6.91. The minimum absolute atomic E-state index is 0.00566. The Morgan fingerprint density at radius 3 is 2.44 bits per heavy atom. The number of nitriles is 1. The Bertz CT molecular complexity index is 937. The highest BCUT2D eigenvalue weighted by molar-refractivity contribution is 7.92. The summed E-state index contributed by atoms with van der Waals surface area (Å²) in [5.74, 6) is -0.908. The third kappa shape index (κ3) is 6.08. The molecule has 0 radical (unpaired) electrons. The van der Waals surface area contributed by atoms with Crippen molar-refractivity contribution < 1.29 is 17.6 Å². The minimum atomic E-state index is -3.67. The van der Waals surface area contributed by atoms with Gasteiger partial charge in [-0.05, 0) is 36.2 Å². The number of anilines is 2. The van der Waals surface area contributed by atoms with E-state index >= 15 is 0 Å². The van der Waals surface area contributed by atoms with Crippen LogP contribution in [0.25, 0.3) is 0 Å². The first-order valence-electron chi connectivity index (χ1n) is 8.29. The molecule has 6 nitrogen and oxygen atoms in total. The van der Waals surface area contributed by atoms with Crippen molar-refractivity contribution in [2.75, 3.05) is 22.4 Å². The van der Waals surface area contributed by atoms with Gasteiger partial charge in [-0.1, -0.05) is 24.3 Å². The molecule has 1 N–H and O–H groups in total. The lowest BCUT2D eigenvalue weighted by Crippen LogP contribution is -2.32. The number of carbonyl (C=O) groups excluding carboxylic acids is 1. The van der Waals surface area contributed by atoms with Crippen LogP contribution < -0.4 is 9.62 Å². The van der Waals surface area contributed by atoms with Crippen LogP contribution in [0.3, 0.4) is 0 Å². The number of hydrogen-bond donors (Lipinski definition) is 1. The van der Waals surface area contributed by atoms with Crippen molar-refractivity contribution >= 4 is 27.3 Å². The predicted molar refractivity (Wildman–Crippen MR) is 102 cm³/mol. The van der Waals surface area contributed by atoms with Gasteiger partial charge >= 0.3 is 0 Å². The van der Waals surface area contributed by atoms with Crippen molar-refractivity contribution in [3.05, 3.63) is 59.9 Å². The first-order valence-corrected chi connectivity index (χ1v) is 10.1. The maximum absolute atomic E-state index is 13.9. The molecule has 1 amide bonds. The lowest BCUT2D eigenvalue weighted by Gasteiger charge is -2.22. The monoisotopic (exact) mass is 389 g/mol. The van der Waals surface area contributed by atoms with Gasteiger partial charge in [0, 0.05) is 18.7 Å². The molecule has 0 unspecified atom stereocenters. The lowest BCUT2D eigenvalue weighted by molar-refractivity contribution is -0.116. The molecule has 0 saturated heterocycles. The van der Waals surface area contributed by atoms with Gasteiger partial charge in [0.25, 0.3) is 0 Å². The second-order valence-corrected chi connectivity index (χ2v) is 7.88. The fourth-order valence-corrected chi connectivity index (χ4v) is 3.49. The van der Waals surface area contributed by atoms with Gasteiger partial charge in [-0.2, -0.15) is 5.26 Å². The molecule has 0 spiro atoms. The standard InChI is InChI=1S/C19H20FN3O3S/c1-27(25,26)23(18-6-3-2-5-17(18)20)14-4-7-19(24)22-16-10-8-15(9-11-16)12-13-21/h2-3,5-6,8-11H,4,7,12,14H2,1H3,(H,22,24). The summed E-state index contributed by atoms with van der Waals surface area (Å²) in [5, 5.41) is 11.4. The molecule has 0 saturated carbocycles. The zero-order valence-electron chi connectivity index (χ0n) is 14.9. The number of nitrogens with one attached hydrogen (secondary N) is 1. The van der Waals surface area contributed by atoms with Crippen molar-refractivity contribution in [2.24, 2.45) is 0 Å². The van der Waals surface area contributed by atoms with Crippen LogP contribution in [0.5, 0.6) is 0 Å². The normalized spacial score (nSPS) is 10.9. The van der Waals surface area contributed by atoms with Crippen molar-refractivity contribution in [3.8, 4) is 6.07 Å². The van der Waals surface area contributed by atoms with Crippen LogP contribution in [-0.2, 0) is 21.2 Å². The van der Waals surface area contributed by atoms with E-state index in [1.807, 2.05) is 6.07 Å². The van der Waals surface area contributed by atoms with E-state index < -0.39 is 15.8 Å². The molecule has 0 aromatic heterocycles. The molecule has 0 aliphatic heterocycles. The Hall–Kier alpha value is -2.92. The smallest absolute Gasteiger partial charge is 0.232 e. The molecule has 142 valence electrons. The summed E-state index contributed by atoms with van der Waals surface area (Å²) in [6, 6.07) is 14.6. The molecule has 0 aliphatic carbocycles. The minimum Gasteiger partial charge on any atom is -0.326 e. The van der Waals surface area contributed by atoms with Crippen LogP contribution in [0.15, 0.2) is 48.5 Å². The van der Waals surface area contributed by atoms with E-state index in [9.17, 15) is 17.6 Å². The van der Waals surface area contributed by atoms with E-state index in [1.54, 1.807) is 30.3 Å². The topological polar surface area (TPSA) is 90.3 Å². The van der Waals surface area contributed by atoms with Crippen LogP contribution in [0.1, 0.15) is 18.4 Å². The molecule has 8 heteroatoms. The number of para-hydroxylation sites is 1. The van der Waals surface area contributed by atoms with Gasteiger partial charge in [0.2, 0.25) is 15.9 Å². The molecule has 0 bridgehead atoms. The van der Waals surface area contributed by atoms with Gasteiger partial charge in [-0.15, -0.1) is 0 Å². The van der Waals surface area contributed by atoms with Gasteiger partial charge in [-0.3, -0.25) is 9.10 Å². The number of halogens is 1. The summed E-state index contributed by atoms with van der Waals surface area (Å²) >= 11 is 0. The number of benzene rings is 2. The van der Waals surface area contributed by atoms with Gasteiger partial charge in [-0.25, -0.2) is 12.8 Å². The number of nitrogens with zero attached hydrogens (tertiary/aromatic N) is 2. The molecule has 27 heavy (non-hydrogen) atoms. The maximum atomic E-state index is 13.9. The summed E-state index contributed by atoms with van der Waals surface area (Å²) in [4.78, 5) is 12.1. The van der Waals surface area contributed by atoms with Crippen LogP contribution in [-0.4, -0.2) is 27.1 Å². The van der Waals surface area contributed by atoms with Gasteiger partial charge in [0.15, 0.2) is 0 Å². The second kappa shape index (κ2) is 9.14. The van der Waals surface area contributed by atoms with Gasteiger partial charge in [0.05, 0.1) is 24.4 Å². The molecular formula is C19H20FN3O3S. The van der Waals surface area contributed by atoms with Crippen molar-refractivity contribution in [1.82, 2.24) is 0 Å². The summed E-state index contributed by atoms with van der Waals surface area (Å²) < 4.78 is 38.8. The number of sulfonamides is 1. The number of carbonyl (C=O) groups is 1. The van der Waals surface area contributed by atoms with Crippen LogP contribution in [0, 0.1) is 17.1 Å². The van der Waals surface area contributed by atoms with E-state index in [0.717, 1.165) is 16.1 Å². The zero-order chi connectivity index (χ0) is 19.9. The third-order valence-electron chi connectivity index (χ3n) is 3.81. The SMILES string of the molecule is CS(=O)(=O)N(CCCC(=O)Nc1ccc(CC#N)cc1)c1ccccc1F. The predicted octanol–water partition coefficient (Wildman–Crippen LogP) is 3.08. The Labute approximate surface area is 158 Å². The second-order valence-electron chi connectivity index (χ2n) is 5.97.